The van der Waals surface area contributed by atoms with Gasteiger partial charge in [-0.05, 0) is 43.9 Å². The molecular weight excluding hydrogens is 376 g/mol. The standard InChI is InChI=1S/C23H38N6O/c1-3-25-23(29-10-4-5-21(18-29)15-22(24)30)26-16-19-6-8-20(9-7-19)17-28-13-11-27(2)12-14-28/h6-9,21H,3-5,10-18H2,1-2H3,(H2,24,30)(H,25,26). The van der Waals surface area contributed by atoms with Gasteiger partial charge in [0.15, 0.2) is 5.96 Å². The number of guanidine groups is 1. The molecular formula is C23H38N6O. The SMILES string of the molecule is CCNC(=NCc1ccc(CN2CCN(C)CC2)cc1)N1CCCC(CC(N)=O)C1. The summed E-state index contributed by atoms with van der Waals surface area (Å²) in [5, 5.41) is 3.41. The number of piperidine rings is 1. The minimum Gasteiger partial charge on any atom is -0.370 e. The average molecular weight is 415 g/mol. The van der Waals surface area contributed by atoms with Crippen LogP contribution in [-0.2, 0) is 17.9 Å². The summed E-state index contributed by atoms with van der Waals surface area (Å²) in [4.78, 5) is 23.4. The van der Waals surface area contributed by atoms with Crippen molar-refractivity contribution in [2.45, 2.75) is 39.3 Å². The molecule has 7 nitrogen and oxygen atoms in total. The van der Waals surface area contributed by atoms with Gasteiger partial charge < -0.3 is 20.9 Å². The number of carbonyl (C=O) groups excluding carboxylic acids is 1. The maximum absolute atomic E-state index is 11.3. The number of nitrogens with zero attached hydrogens (tertiary/aromatic N) is 4. The van der Waals surface area contributed by atoms with Crippen LogP contribution >= 0.6 is 0 Å². The molecule has 1 amide bonds. The van der Waals surface area contributed by atoms with Gasteiger partial charge in [-0.3, -0.25) is 9.69 Å². The number of benzene rings is 1. The summed E-state index contributed by atoms with van der Waals surface area (Å²) in [6, 6.07) is 8.87. The van der Waals surface area contributed by atoms with E-state index in [-0.39, 0.29) is 5.91 Å². The van der Waals surface area contributed by atoms with Crippen molar-refractivity contribution in [1.82, 2.24) is 20.0 Å². The van der Waals surface area contributed by atoms with Gasteiger partial charge in [-0.1, -0.05) is 24.3 Å². The third kappa shape index (κ3) is 6.99. The predicted octanol–water partition coefficient (Wildman–Crippen LogP) is 1.49. The van der Waals surface area contributed by atoms with Crippen molar-refractivity contribution < 1.29 is 4.79 Å². The molecule has 1 aromatic carbocycles. The quantitative estimate of drug-likeness (QED) is 0.522. The van der Waals surface area contributed by atoms with Crippen LogP contribution in [0, 0.1) is 5.92 Å². The number of piperazine rings is 1. The Morgan fingerprint density at radius 1 is 1.13 bits per heavy atom. The highest BCUT2D eigenvalue weighted by Gasteiger charge is 2.23. The van der Waals surface area contributed by atoms with Crippen molar-refractivity contribution in [3.8, 4) is 0 Å². The van der Waals surface area contributed by atoms with Crippen LogP contribution in [0.3, 0.4) is 0 Å². The number of rotatable bonds is 7. The third-order valence-corrected chi connectivity index (χ3v) is 6.08. The number of carbonyl (C=O) groups is 1. The van der Waals surface area contributed by atoms with E-state index >= 15 is 0 Å². The van der Waals surface area contributed by atoms with Crippen molar-refractivity contribution >= 4 is 11.9 Å². The van der Waals surface area contributed by atoms with Gasteiger partial charge >= 0.3 is 0 Å². The number of hydrogen-bond acceptors (Lipinski definition) is 4. The second-order valence-electron chi connectivity index (χ2n) is 8.69. The van der Waals surface area contributed by atoms with Crippen LogP contribution in [0.2, 0.25) is 0 Å². The lowest BCUT2D eigenvalue weighted by atomic mass is 9.95. The summed E-state index contributed by atoms with van der Waals surface area (Å²) in [6.45, 7) is 11.0. The molecule has 0 aromatic heterocycles. The molecule has 0 bridgehead atoms. The topological polar surface area (TPSA) is 77.2 Å². The third-order valence-electron chi connectivity index (χ3n) is 6.08. The summed E-state index contributed by atoms with van der Waals surface area (Å²) in [5.41, 5.74) is 7.99. The highest BCUT2D eigenvalue weighted by molar-refractivity contribution is 5.80. The predicted molar refractivity (Wildman–Crippen MR) is 122 cm³/mol. The number of likely N-dealkylation sites (tertiary alicyclic amines) is 1. The summed E-state index contributed by atoms with van der Waals surface area (Å²) in [7, 11) is 2.19. The van der Waals surface area contributed by atoms with Crippen LogP contribution in [-0.4, -0.2) is 79.4 Å². The molecule has 1 unspecified atom stereocenters. The fraction of sp³-hybridized carbons (Fsp3) is 0.652. The van der Waals surface area contributed by atoms with Crippen molar-refractivity contribution in [3.63, 3.8) is 0 Å². The zero-order chi connectivity index (χ0) is 21.3. The molecule has 1 atom stereocenters. The van der Waals surface area contributed by atoms with E-state index in [9.17, 15) is 4.79 Å². The van der Waals surface area contributed by atoms with Crippen molar-refractivity contribution in [2.24, 2.45) is 16.6 Å². The Morgan fingerprint density at radius 3 is 2.50 bits per heavy atom. The van der Waals surface area contributed by atoms with Gasteiger partial charge in [-0.25, -0.2) is 4.99 Å². The van der Waals surface area contributed by atoms with Crippen molar-refractivity contribution in [1.29, 1.82) is 0 Å². The Hall–Kier alpha value is -2.12. The molecule has 2 saturated heterocycles. The van der Waals surface area contributed by atoms with Crippen LogP contribution in [0.1, 0.15) is 37.3 Å². The van der Waals surface area contributed by atoms with Gasteiger partial charge in [0.05, 0.1) is 6.54 Å². The minimum atomic E-state index is -0.208. The lowest BCUT2D eigenvalue weighted by molar-refractivity contribution is -0.119. The van der Waals surface area contributed by atoms with Crippen LogP contribution in [0.4, 0.5) is 0 Å². The highest BCUT2D eigenvalue weighted by Crippen LogP contribution is 2.19. The zero-order valence-corrected chi connectivity index (χ0v) is 18.6. The molecule has 0 radical (unpaired) electrons. The molecule has 1 aromatic rings. The number of primary amides is 1. The molecule has 166 valence electrons. The molecule has 30 heavy (non-hydrogen) atoms. The van der Waals surface area contributed by atoms with Crippen LogP contribution in [0.5, 0.6) is 0 Å². The number of amides is 1. The lowest BCUT2D eigenvalue weighted by Crippen LogP contribution is -2.47. The Balaban J connectivity index is 1.55. The van der Waals surface area contributed by atoms with Crippen molar-refractivity contribution in [3.05, 3.63) is 35.4 Å². The van der Waals surface area contributed by atoms with E-state index in [1.807, 2.05) is 0 Å². The minimum absolute atomic E-state index is 0.208. The van der Waals surface area contributed by atoms with Gasteiger partial charge in [0.2, 0.25) is 5.91 Å². The Labute approximate surface area is 181 Å². The molecule has 3 rings (SSSR count). The molecule has 0 saturated carbocycles. The first kappa shape index (κ1) is 22.6. The van der Waals surface area contributed by atoms with E-state index in [0.29, 0.717) is 18.9 Å². The summed E-state index contributed by atoms with van der Waals surface area (Å²) in [6.07, 6.45) is 2.60. The first-order chi connectivity index (χ1) is 14.5. The van der Waals surface area contributed by atoms with Gasteiger partial charge in [0.25, 0.3) is 0 Å². The molecule has 2 aliphatic heterocycles. The molecule has 2 aliphatic rings. The van der Waals surface area contributed by atoms with Gasteiger partial charge in [0, 0.05) is 58.8 Å². The van der Waals surface area contributed by atoms with E-state index < -0.39 is 0 Å². The summed E-state index contributed by atoms with van der Waals surface area (Å²) < 4.78 is 0. The molecule has 2 fully saturated rings. The molecule has 0 aliphatic carbocycles. The monoisotopic (exact) mass is 414 g/mol. The Bertz CT molecular complexity index is 696. The highest BCUT2D eigenvalue weighted by atomic mass is 16.1. The Morgan fingerprint density at radius 2 is 1.83 bits per heavy atom. The largest absolute Gasteiger partial charge is 0.370 e. The maximum atomic E-state index is 11.3. The van der Waals surface area contributed by atoms with E-state index in [4.69, 9.17) is 10.7 Å². The normalized spacial score (nSPS) is 21.6. The molecule has 3 N–H and O–H groups in total. The van der Waals surface area contributed by atoms with Gasteiger partial charge in [0.1, 0.15) is 0 Å². The Kier molecular flexibility index (Phi) is 8.51. The van der Waals surface area contributed by atoms with E-state index in [1.165, 1.54) is 11.1 Å². The van der Waals surface area contributed by atoms with Crippen LogP contribution in [0.25, 0.3) is 0 Å². The zero-order valence-electron chi connectivity index (χ0n) is 18.6. The first-order valence-corrected chi connectivity index (χ1v) is 11.3. The average Bonchev–Trinajstić information content (AvgIpc) is 2.73. The number of aliphatic imine (C=N–C) groups is 1. The number of likely N-dealkylation sites (N-methyl/N-ethyl adjacent to an activating group) is 1. The number of nitrogens with two attached hydrogens (primary N) is 1. The number of nitrogens with one attached hydrogen (secondary N) is 1. The number of hydrogen-bond donors (Lipinski definition) is 2. The second kappa shape index (κ2) is 11.3. The smallest absolute Gasteiger partial charge is 0.217 e. The fourth-order valence-corrected chi connectivity index (χ4v) is 4.31. The van der Waals surface area contributed by atoms with E-state index in [2.05, 4.69) is 58.3 Å². The van der Waals surface area contributed by atoms with Crippen LogP contribution < -0.4 is 11.1 Å². The molecule has 2 heterocycles. The first-order valence-electron chi connectivity index (χ1n) is 11.3. The van der Waals surface area contributed by atoms with Crippen LogP contribution in [0.15, 0.2) is 29.3 Å². The van der Waals surface area contributed by atoms with E-state index in [1.54, 1.807) is 0 Å². The molecule has 0 spiro atoms. The summed E-state index contributed by atoms with van der Waals surface area (Å²) >= 11 is 0. The second-order valence-corrected chi connectivity index (χ2v) is 8.69. The summed E-state index contributed by atoms with van der Waals surface area (Å²) in [5.74, 6) is 1.06. The van der Waals surface area contributed by atoms with Gasteiger partial charge in [-0.2, -0.15) is 0 Å². The van der Waals surface area contributed by atoms with E-state index in [0.717, 1.165) is 71.2 Å². The van der Waals surface area contributed by atoms with Crippen molar-refractivity contribution in [2.75, 3.05) is 52.9 Å². The molecule has 7 heteroatoms. The lowest BCUT2D eigenvalue weighted by Gasteiger charge is -2.34. The maximum Gasteiger partial charge on any atom is 0.217 e. The van der Waals surface area contributed by atoms with Gasteiger partial charge in [-0.15, -0.1) is 0 Å². The fourth-order valence-electron chi connectivity index (χ4n) is 4.31.